The zero-order valence-electron chi connectivity index (χ0n) is 74.2. The van der Waals surface area contributed by atoms with Gasteiger partial charge in [-0.3, -0.25) is 0 Å². The predicted molar refractivity (Wildman–Crippen MR) is 523 cm³/mol. The van der Waals surface area contributed by atoms with Crippen LogP contribution in [0, 0.1) is 0 Å². The van der Waals surface area contributed by atoms with Gasteiger partial charge in [0, 0.05) is 70.8 Å². The third-order valence-corrected chi connectivity index (χ3v) is 22.0. The second-order valence-corrected chi connectivity index (χ2v) is 33.2. The number of aromatic hydroxyl groups is 12. The number of benzene rings is 17. The minimum atomic E-state index is -0.362. The summed E-state index contributed by atoms with van der Waals surface area (Å²) in [5.41, 5.74) is 2.97. The van der Waals surface area contributed by atoms with E-state index in [1.807, 2.05) is 213 Å². The summed E-state index contributed by atoms with van der Waals surface area (Å²) in [4.78, 5) is 53.9. The predicted octanol–water partition coefficient (Wildman–Crippen LogP) is 22.8. The van der Waals surface area contributed by atoms with E-state index in [9.17, 15) is 61.3 Å². The number of phenols is 12. The number of fused-ring (bicyclic) bond motifs is 12. The minimum absolute atomic E-state index is 0.0168. The summed E-state index contributed by atoms with van der Waals surface area (Å²) >= 11 is 0. The summed E-state index contributed by atoms with van der Waals surface area (Å²) in [7, 11) is 0. The van der Waals surface area contributed by atoms with E-state index in [1.165, 1.54) is 0 Å². The average Bonchev–Trinajstić information content (AvgIpc) is 0.740. The third-order valence-electron chi connectivity index (χ3n) is 22.0. The molecule has 0 radical (unpaired) electrons. The molecule has 0 fully saturated rings. The first-order valence-corrected chi connectivity index (χ1v) is 43.4. The first-order valence-electron chi connectivity index (χ1n) is 43.4. The zero-order valence-corrected chi connectivity index (χ0v) is 74.2. The molecule has 21 rings (SSSR count). The Morgan fingerprint density at radius 3 is 0.816 bits per heavy atom. The van der Waals surface area contributed by atoms with Crippen LogP contribution in [0.4, 0.5) is 0 Å². The Balaban J connectivity index is 0.000000121. The van der Waals surface area contributed by atoms with Crippen LogP contribution >= 0.6 is 0 Å². The van der Waals surface area contributed by atoms with Crippen LogP contribution in [0.25, 0.3) is 188 Å². The highest BCUT2D eigenvalue weighted by molar-refractivity contribution is 6.21. The van der Waals surface area contributed by atoms with Crippen LogP contribution < -0.4 is 18.9 Å². The van der Waals surface area contributed by atoms with E-state index in [4.69, 9.17) is 18.9 Å². The quantitative estimate of drug-likeness (QED) is 0.0316. The smallest absolute Gasteiger partial charge is 0.320 e. The molecule has 0 aliphatic rings. The van der Waals surface area contributed by atoms with Crippen molar-refractivity contribution in [3.05, 3.63) is 279 Å². The van der Waals surface area contributed by atoms with Crippen molar-refractivity contribution < 1.29 is 80.2 Å². The lowest BCUT2D eigenvalue weighted by Crippen LogP contribution is -2.10. The van der Waals surface area contributed by atoms with Crippen molar-refractivity contribution >= 4 is 97.0 Å². The number of ether oxygens (including phenoxy) is 4. The standard InChI is InChI=1S/C30H23N3O4.3C26H21N3O4/c1-16(2)37-30-32-28(31-29(33-30)27-25(35)13-18(34)14-26(27)36)24-15-23-19-8-4-3-7-17(19)11-12-22(23)20-9-5-6-10-21(20)24;1-14(2)33-26-28-24(27-25(29-26)23-20(31)12-17(30)13-21(23)32)22-18-9-5-3-7-15(18)11-16-8-4-6-10-19(16)22;1-14(2)33-26-28-24(27-25(29-26)23-21(31)12-16(30)13-22(23)32)20-11-15-7-3-4-8-17(15)18-9-5-6-10-19(18)20;1-14(2)33-26-28-24(27-25(29-26)23-21(31)12-20(30)13-22(23)32)18-8-7-17-9-15-5-3-4-6-16(15)10-19(17)11-18/h3-16,34-36H,1-2H3;3*3-14,30-32H,1-2H3. The van der Waals surface area contributed by atoms with Crippen LogP contribution in [0.3, 0.4) is 0 Å². The molecule has 28 heteroatoms. The van der Waals surface area contributed by atoms with E-state index in [2.05, 4.69) is 133 Å². The van der Waals surface area contributed by atoms with E-state index >= 15 is 0 Å². The van der Waals surface area contributed by atoms with Crippen molar-refractivity contribution in [3.8, 4) is 184 Å². The monoisotopic (exact) mass is 1810 g/mol. The first kappa shape index (κ1) is 88.6. The minimum Gasteiger partial charge on any atom is -0.508 e. The van der Waals surface area contributed by atoms with Crippen LogP contribution in [0.1, 0.15) is 55.4 Å². The summed E-state index contributed by atoms with van der Waals surface area (Å²) in [6.45, 7) is 14.8. The van der Waals surface area contributed by atoms with Gasteiger partial charge in [0.25, 0.3) is 0 Å². The summed E-state index contributed by atoms with van der Waals surface area (Å²) in [5.74, 6) is -2.51. The van der Waals surface area contributed by atoms with E-state index in [-0.39, 0.29) is 163 Å². The lowest BCUT2D eigenvalue weighted by Gasteiger charge is -2.15. The van der Waals surface area contributed by atoms with Crippen molar-refractivity contribution in [2.45, 2.75) is 79.8 Å². The van der Waals surface area contributed by atoms with Crippen LogP contribution in [0.15, 0.2) is 279 Å². The lowest BCUT2D eigenvalue weighted by molar-refractivity contribution is 0.221. The van der Waals surface area contributed by atoms with Gasteiger partial charge in [0.05, 0.1) is 24.4 Å². The summed E-state index contributed by atoms with van der Waals surface area (Å²) < 4.78 is 23.1. The van der Waals surface area contributed by atoms with Gasteiger partial charge in [-0.2, -0.15) is 39.9 Å². The van der Waals surface area contributed by atoms with Crippen LogP contribution in [-0.4, -0.2) is 146 Å². The van der Waals surface area contributed by atoms with Crippen molar-refractivity contribution in [3.63, 3.8) is 0 Å². The van der Waals surface area contributed by atoms with Gasteiger partial charge in [-0.25, -0.2) is 19.9 Å². The highest BCUT2D eigenvalue weighted by atomic mass is 16.5. The van der Waals surface area contributed by atoms with Gasteiger partial charge in [-0.05, 0) is 189 Å². The number of hydrogen-bond acceptors (Lipinski definition) is 28. The second kappa shape index (κ2) is 37.1. The highest BCUT2D eigenvalue weighted by Gasteiger charge is 2.28. The molecule has 0 atom stereocenters. The fourth-order valence-electron chi connectivity index (χ4n) is 16.3. The number of aromatic nitrogens is 12. The fourth-order valence-corrected chi connectivity index (χ4v) is 16.3. The molecule has 21 aromatic rings. The molecule has 4 heterocycles. The topological polar surface area (TPSA) is 434 Å². The Morgan fingerprint density at radius 1 is 0.176 bits per heavy atom. The van der Waals surface area contributed by atoms with Gasteiger partial charge in [0.15, 0.2) is 46.6 Å². The first-order chi connectivity index (χ1) is 65.6. The third kappa shape index (κ3) is 18.3. The Bertz CT molecular complexity index is 8130. The number of rotatable bonds is 16. The Morgan fingerprint density at radius 2 is 0.426 bits per heavy atom. The molecular formula is C108H86N12O16. The van der Waals surface area contributed by atoms with Gasteiger partial charge in [-0.1, -0.05) is 194 Å². The molecule has 0 aliphatic carbocycles. The molecule has 28 nitrogen and oxygen atoms in total. The fraction of sp³-hybridized carbons (Fsp3) is 0.111. The van der Waals surface area contributed by atoms with Crippen LogP contribution in [0.5, 0.6) is 93.0 Å². The zero-order chi connectivity index (χ0) is 95.0. The van der Waals surface area contributed by atoms with E-state index in [0.717, 1.165) is 168 Å². The molecule has 0 amide bonds. The molecule has 0 unspecified atom stereocenters. The van der Waals surface area contributed by atoms with Crippen molar-refractivity contribution in [1.82, 2.24) is 59.8 Å². The summed E-state index contributed by atoms with van der Waals surface area (Å²) in [5, 5.41) is 141. The SMILES string of the molecule is CC(C)Oc1nc(-c2c(O)cc(O)cc2O)nc(-c2c3ccccc3cc3ccccc23)n1.CC(C)Oc1nc(-c2c(O)cc(O)cc2O)nc(-c2cc3c4ccccc4ccc3c3ccccc23)n1.CC(C)Oc1nc(-c2c(O)cc(O)cc2O)nc(-c2cc3ccccc3c3ccccc23)n1.CC(C)Oc1nc(-c2ccc3cc4ccccc4cc3c2)nc(-c2c(O)cc(O)cc2O)n1. The molecule has 0 spiro atoms. The van der Waals surface area contributed by atoms with E-state index < -0.39 is 0 Å². The molecule has 674 valence electrons. The summed E-state index contributed by atoms with van der Waals surface area (Å²) in [6.07, 6.45) is -0.830. The molecule has 0 saturated carbocycles. The second-order valence-electron chi connectivity index (χ2n) is 33.2. The maximum absolute atomic E-state index is 10.5. The molecule has 17 aromatic carbocycles. The number of phenolic OH excluding ortho intramolecular Hbond substituents is 12. The molecular weight excluding hydrogens is 1720 g/mol. The van der Waals surface area contributed by atoms with Gasteiger partial charge in [0.1, 0.15) is 91.2 Å². The van der Waals surface area contributed by atoms with Gasteiger partial charge < -0.3 is 80.2 Å². The summed E-state index contributed by atoms with van der Waals surface area (Å²) in [6, 6.07) is 86.1. The molecule has 4 aromatic heterocycles. The van der Waals surface area contributed by atoms with E-state index in [0.29, 0.717) is 23.3 Å². The van der Waals surface area contributed by atoms with Gasteiger partial charge in [0.2, 0.25) is 0 Å². The van der Waals surface area contributed by atoms with Crippen molar-refractivity contribution in [1.29, 1.82) is 0 Å². The molecule has 136 heavy (non-hydrogen) atoms. The lowest BCUT2D eigenvalue weighted by atomic mass is 9.93. The molecule has 12 N–H and O–H groups in total. The van der Waals surface area contributed by atoms with Crippen LogP contribution in [0.2, 0.25) is 0 Å². The highest BCUT2D eigenvalue weighted by Crippen LogP contribution is 2.48. The van der Waals surface area contributed by atoms with Crippen molar-refractivity contribution in [2.24, 2.45) is 0 Å². The normalized spacial score (nSPS) is 11.4. The number of hydrogen-bond donors (Lipinski definition) is 12. The average molecular weight is 1810 g/mol. The van der Waals surface area contributed by atoms with Gasteiger partial charge in [-0.15, -0.1) is 0 Å². The van der Waals surface area contributed by atoms with Gasteiger partial charge >= 0.3 is 24.0 Å². The Hall–Kier alpha value is -18.1. The number of nitrogens with zero attached hydrogens (tertiary/aromatic N) is 12. The van der Waals surface area contributed by atoms with Crippen LogP contribution in [-0.2, 0) is 0 Å². The Labute approximate surface area is 775 Å². The molecule has 0 bridgehead atoms. The maximum atomic E-state index is 10.5. The molecule has 0 saturated heterocycles. The maximum Gasteiger partial charge on any atom is 0.320 e. The molecule has 0 aliphatic heterocycles. The van der Waals surface area contributed by atoms with E-state index in [1.54, 1.807) is 0 Å². The van der Waals surface area contributed by atoms with Crippen molar-refractivity contribution in [2.75, 3.05) is 0 Å². The largest absolute Gasteiger partial charge is 0.508 e. The Kier molecular flexibility index (Phi) is 24.1.